The number of amides is 1. The van der Waals surface area contributed by atoms with Crippen LogP contribution in [0.4, 0.5) is 15.9 Å². The van der Waals surface area contributed by atoms with E-state index >= 15 is 0 Å². The minimum Gasteiger partial charge on any atom is -0.356 e. The largest absolute Gasteiger partial charge is 0.356 e. The Kier molecular flexibility index (Phi) is 5.28. The molecule has 1 aromatic heterocycles. The predicted molar refractivity (Wildman–Crippen MR) is 107 cm³/mol. The van der Waals surface area contributed by atoms with Crippen molar-refractivity contribution in [1.82, 2.24) is 9.97 Å². The zero-order valence-corrected chi connectivity index (χ0v) is 15.4. The molecule has 0 radical (unpaired) electrons. The number of halogens is 1. The third-order valence-electron chi connectivity index (χ3n) is 4.88. The van der Waals surface area contributed by atoms with Crippen LogP contribution in [0.2, 0.25) is 0 Å². The third-order valence-corrected chi connectivity index (χ3v) is 4.88. The second-order valence-corrected chi connectivity index (χ2v) is 6.89. The average Bonchev–Trinajstić information content (AvgIpc) is 2.75. The summed E-state index contributed by atoms with van der Waals surface area (Å²) in [5.41, 5.74) is 1.44. The third kappa shape index (κ3) is 4.17. The lowest BCUT2D eigenvalue weighted by molar-refractivity contribution is -0.120. The molecule has 28 heavy (non-hydrogen) atoms. The van der Waals surface area contributed by atoms with Crippen LogP contribution in [0.5, 0.6) is 0 Å². The molecule has 1 aliphatic heterocycles. The van der Waals surface area contributed by atoms with Gasteiger partial charge < -0.3 is 10.2 Å². The predicted octanol–water partition coefficient (Wildman–Crippen LogP) is 4.14. The van der Waals surface area contributed by atoms with E-state index in [4.69, 9.17) is 0 Å². The molecule has 1 fully saturated rings. The summed E-state index contributed by atoms with van der Waals surface area (Å²) < 4.78 is 13.5. The molecule has 5 nitrogen and oxygen atoms in total. The van der Waals surface area contributed by atoms with Gasteiger partial charge in [0.2, 0.25) is 5.91 Å². The van der Waals surface area contributed by atoms with Crippen molar-refractivity contribution in [2.24, 2.45) is 5.92 Å². The highest BCUT2D eigenvalue weighted by Crippen LogP contribution is 2.25. The van der Waals surface area contributed by atoms with Gasteiger partial charge in [0.05, 0.1) is 5.92 Å². The lowest BCUT2D eigenvalue weighted by atomic mass is 9.97. The standard InChI is InChI=1S/C22H21FN4O/c23-18-8-4-6-16(14-18)21-24-12-11-20(26-21)27-13-5-7-17(15-27)22(28)25-19-9-2-1-3-10-19/h1-4,6,8-12,14,17H,5,7,13,15H2,(H,25,28)/t17-/m1/s1. The van der Waals surface area contributed by atoms with Crippen molar-refractivity contribution in [3.8, 4) is 11.4 Å². The van der Waals surface area contributed by atoms with E-state index in [1.54, 1.807) is 18.3 Å². The normalized spacial score (nSPS) is 16.6. The van der Waals surface area contributed by atoms with Crippen molar-refractivity contribution < 1.29 is 9.18 Å². The molecule has 2 aromatic carbocycles. The number of carbonyl (C=O) groups is 1. The first kappa shape index (κ1) is 18.1. The summed E-state index contributed by atoms with van der Waals surface area (Å²) in [7, 11) is 0. The van der Waals surface area contributed by atoms with Crippen LogP contribution in [0.15, 0.2) is 66.9 Å². The van der Waals surface area contributed by atoms with E-state index in [0.29, 0.717) is 17.9 Å². The van der Waals surface area contributed by atoms with Gasteiger partial charge in [0.25, 0.3) is 0 Å². The van der Waals surface area contributed by atoms with Crippen LogP contribution >= 0.6 is 0 Å². The summed E-state index contributed by atoms with van der Waals surface area (Å²) in [5.74, 6) is 0.832. The van der Waals surface area contributed by atoms with Crippen LogP contribution < -0.4 is 10.2 Å². The number of carbonyl (C=O) groups excluding carboxylic acids is 1. The van der Waals surface area contributed by atoms with E-state index in [-0.39, 0.29) is 17.6 Å². The lowest BCUT2D eigenvalue weighted by Crippen LogP contribution is -2.41. The zero-order valence-electron chi connectivity index (χ0n) is 15.4. The molecule has 4 rings (SSSR count). The van der Waals surface area contributed by atoms with Crippen molar-refractivity contribution in [1.29, 1.82) is 0 Å². The molecule has 0 spiro atoms. The molecule has 1 atom stereocenters. The molecular weight excluding hydrogens is 355 g/mol. The molecule has 1 amide bonds. The maximum atomic E-state index is 13.5. The number of hydrogen-bond acceptors (Lipinski definition) is 4. The molecule has 1 aliphatic rings. The van der Waals surface area contributed by atoms with E-state index in [1.165, 1.54) is 12.1 Å². The summed E-state index contributed by atoms with van der Waals surface area (Å²) in [6.07, 6.45) is 3.43. The summed E-state index contributed by atoms with van der Waals surface area (Å²) >= 11 is 0. The fourth-order valence-corrected chi connectivity index (χ4v) is 3.46. The molecular formula is C22H21FN4O. The molecule has 0 unspecified atom stereocenters. The summed E-state index contributed by atoms with van der Waals surface area (Å²) in [6.45, 7) is 1.42. The Bertz CT molecular complexity index is 964. The second-order valence-electron chi connectivity index (χ2n) is 6.89. The fraction of sp³-hybridized carbons (Fsp3) is 0.227. The Morgan fingerprint density at radius 1 is 1.11 bits per heavy atom. The van der Waals surface area contributed by atoms with Gasteiger partial charge in [0.15, 0.2) is 5.82 Å². The van der Waals surface area contributed by atoms with Crippen LogP contribution in [0.25, 0.3) is 11.4 Å². The topological polar surface area (TPSA) is 58.1 Å². The number of rotatable bonds is 4. The van der Waals surface area contributed by atoms with E-state index in [9.17, 15) is 9.18 Å². The molecule has 6 heteroatoms. The first-order valence-electron chi connectivity index (χ1n) is 9.39. The van der Waals surface area contributed by atoms with Crippen LogP contribution in [-0.2, 0) is 4.79 Å². The van der Waals surface area contributed by atoms with Crippen LogP contribution in [0.3, 0.4) is 0 Å². The monoisotopic (exact) mass is 376 g/mol. The number of hydrogen-bond donors (Lipinski definition) is 1. The Morgan fingerprint density at radius 3 is 2.79 bits per heavy atom. The van der Waals surface area contributed by atoms with Crippen molar-refractivity contribution >= 4 is 17.4 Å². The minimum atomic E-state index is -0.317. The van der Waals surface area contributed by atoms with Gasteiger partial charge in [0.1, 0.15) is 11.6 Å². The van der Waals surface area contributed by atoms with Crippen molar-refractivity contribution in [3.05, 3.63) is 72.7 Å². The Morgan fingerprint density at radius 2 is 1.96 bits per heavy atom. The van der Waals surface area contributed by atoms with E-state index < -0.39 is 0 Å². The van der Waals surface area contributed by atoms with Crippen molar-refractivity contribution in [3.63, 3.8) is 0 Å². The van der Waals surface area contributed by atoms with Gasteiger partial charge in [-0.05, 0) is 43.2 Å². The quantitative estimate of drug-likeness (QED) is 0.744. The number of nitrogens with zero attached hydrogens (tertiary/aromatic N) is 3. The van der Waals surface area contributed by atoms with Gasteiger partial charge in [-0.15, -0.1) is 0 Å². The van der Waals surface area contributed by atoms with E-state index in [0.717, 1.165) is 30.9 Å². The van der Waals surface area contributed by atoms with Gasteiger partial charge in [0, 0.05) is 30.5 Å². The summed E-state index contributed by atoms with van der Waals surface area (Å²) in [6, 6.07) is 17.6. The number of piperidine rings is 1. The number of para-hydroxylation sites is 1. The number of benzene rings is 2. The molecule has 0 saturated carbocycles. The fourth-order valence-electron chi connectivity index (χ4n) is 3.46. The van der Waals surface area contributed by atoms with Crippen molar-refractivity contribution in [2.75, 3.05) is 23.3 Å². The van der Waals surface area contributed by atoms with Crippen LogP contribution in [0.1, 0.15) is 12.8 Å². The molecule has 142 valence electrons. The molecule has 1 N–H and O–H groups in total. The van der Waals surface area contributed by atoms with Gasteiger partial charge in [-0.1, -0.05) is 30.3 Å². The van der Waals surface area contributed by atoms with Crippen LogP contribution in [-0.4, -0.2) is 29.0 Å². The van der Waals surface area contributed by atoms with Gasteiger partial charge in [-0.25, -0.2) is 14.4 Å². The lowest BCUT2D eigenvalue weighted by Gasteiger charge is -2.33. The highest BCUT2D eigenvalue weighted by atomic mass is 19.1. The van der Waals surface area contributed by atoms with Gasteiger partial charge in [-0.2, -0.15) is 0 Å². The van der Waals surface area contributed by atoms with E-state index in [1.807, 2.05) is 36.4 Å². The van der Waals surface area contributed by atoms with Gasteiger partial charge >= 0.3 is 0 Å². The first-order valence-corrected chi connectivity index (χ1v) is 9.39. The average molecular weight is 376 g/mol. The van der Waals surface area contributed by atoms with Crippen LogP contribution in [0, 0.1) is 11.7 Å². The van der Waals surface area contributed by atoms with Gasteiger partial charge in [-0.3, -0.25) is 4.79 Å². The summed E-state index contributed by atoms with van der Waals surface area (Å²) in [4.78, 5) is 23.6. The molecule has 2 heterocycles. The Labute approximate surface area is 163 Å². The Balaban J connectivity index is 1.49. The first-order chi connectivity index (χ1) is 13.7. The molecule has 1 saturated heterocycles. The Hall–Kier alpha value is -3.28. The second kappa shape index (κ2) is 8.17. The summed E-state index contributed by atoms with van der Waals surface area (Å²) in [5, 5.41) is 2.99. The SMILES string of the molecule is O=C(Nc1ccccc1)[C@@H]1CCCN(c2ccnc(-c3cccc(F)c3)n2)C1. The van der Waals surface area contributed by atoms with Crippen molar-refractivity contribution in [2.45, 2.75) is 12.8 Å². The molecule has 0 bridgehead atoms. The maximum absolute atomic E-state index is 13.5. The smallest absolute Gasteiger partial charge is 0.229 e. The molecule has 3 aromatic rings. The zero-order chi connectivity index (χ0) is 19.3. The number of nitrogens with one attached hydrogen (secondary N) is 1. The highest BCUT2D eigenvalue weighted by Gasteiger charge is 2.26. The molecule has 0 aliphatic carbocycles. The van der Waals surface area contributed by atoms with E-state index in [2.05, 4.69) is 20.2 Å². The minimum absolute atomic E-state index is 0.0234. The highest BCUT2D eigenvalue weighted by molar-refractivity contribution is 5.93. The number of aromatic nitrogens is 2. The number of anilines is 2. The maximum Gasteiger partial charge on any atom is 0.229 e.